The molecule has 2 heteroatoms. The van der Waals surface area contributed by atoms with Crippen LogP contribution in [0.1, 0.15) is 5.56 Å². The zero-order valence-electron chi connectivity index (χ0n) is 8.18. The van der Waals surface area contributed by atoms with E-state index < -0.39 is 5.72 Å². The molecule has 1 unspecified atom stereocenters. The van der Waals surface area contributed by atoms with Gasteiger partial charge in [-0.15, -0.1) is 0 Å². The Hall–Kier alpha value is -1.96. The Morgan fingerprint density at radius 1 is 1.07 bits per heavy atom. The number of para-hydroxylation sites is 1. The number of anilines is 1. The van der Waals surface area contributed by atoms with Crippen LogP contribution < -0.4 is 5.32 Å². The molecule has 2 aliphatic heterocycles. The van der Waals surface area contributed by atoms with E-state index in [-0.39, 0.29) is 0 Å². The number of nitrogens with one attached hydrogen (secondary N) is 1. The van der Waals surface area contributed by atoms with Crippen molar-refractivity contribution in [2.45, 2.75) is 5.72 Å². The quantitative estimate of drug-likeness (QED) is 0.690. The van der Waals surface area contributed by atoms with Crippen molar-refractivity contribution in [3.8, 4) is 0 Å². The molecule has 0 aromatic heterocycles. The Morgan fingerprint density at radius 3 is 2.87 bits per heavy atom. The van der Waals surface area contributed by atoms with Gasteiger partial charge in [-0.3, -0.25) is 0 Å². The summed E-state index contributed by atoms with van der Waals surface area (Å²) in [5, 5.41) is 3.37. The van der Waals surface area contributed by atoms with Crippen LogP contribution in [-0.4, -0.2) is 5.72 Å². The number of benzene rings is 1. The first-order valence-corrected chi connectivity index (χ1v) is 4.97. The molecule has 0 aliphatic carbocycles. The molecule has 0 saturated carbocycles. The van der Waals surface area contributed by atoms with Gasteiger partial charge in [0.1, 0.15) is 0 Å². The molecule has 1 N–H and O–H groups in total. The van der Waals surface area contributed by atoms with E-state index in [4.69, 9.17) is 4.74 Å². The Bertz CT molecular complexity index is 473. The van der Waals surface area contributed by atoms with E-state index in [0.29, 0.717) is 0 Å². The number of hydrogen-bond donors (Lipinski definition) is 1. The summed E-state index contributed by atoms with van der Waals surface area (Å²) >= 11 is 0. The van der Waals surface area contributed by atoms with E-state index in [1.165, 1.54) is 5.56 Å². The van der Waals surface area contributed by atoms with Crippen molar-refractivity contribution in [2.75, 3.05) is 5.32 Å². The number of ether oxygens (including phenoxy) is 1. The molecule has 0 fully saturated rings. The maximum Gasteiger partial charge on any atom is 0.219 e. The first-order chi connectivity index (χ1) is 7.38. The highest BCUT2D eigenvalue weighted by Crippen LogP contribution is 2.31. The Kier molecular flexibility index (Phi) is 1.68. The summed E-state index contributed by atoms with van der Waals surface area (Å²) < 4.78 is 5.60. The molecule has 2 heterocycles. The van der Waals surface area contributed by atoms with Crippen molar-refractivity contribution in [2.24, 2.45) is 0 Å². The first-order valence-electron chi connectivity index (χ1n) is 4.97. The number of fused-ring (bicyclic) bond motifs is 1. The van der Waals surface area contributed by atoms with Crippen molar-refractivity contribution in [3.05, 3.63) is 60.4 Å². The van der Waals surface area contributed by atoms with E-state index in [1.807, 2.05) is 36.4 Å². The van der Waals surface area contributed by atoms with Crippen LogP contribution >= 0.6 is 0 Å². The number of rotatable bonds is 0. The number of hydrogen-bond acceptors (Lipinski definition) is 2. The average Bonchev–Trinajstić information content (AvgIpc) is 2.30. The minimum absolute atomic E-state index is 0.497. The highest BCUT2D eigenvalue weighted by atomic mass is 16.5. The average molecular weight is 197 g/mol. The predicted octanol–water partition coefficient (Wildman–Crippen LogP) is 2.92. The van der Waals surface area contributed by atoms with Crippen LogP contribution in [0.4, 0.5) is 5.69 Å². The van der Waals surface area contributed by atoms with Crippen molar-refractivity contribution < 1.29 is 4.74 Å². The minimum atomic E-state index is -0.497. The molecule has 2 aliphatic rings. The van der Waals surface area contributed by atoms with E-state index in [0.717, 1.165) is 5.69 Å². The molecule has 1 atom stereocenters. The molecular weight excluding hydrogens is 186 g/mol. The fraction of sp³-hybridized carbons (Fsp3) is 0.0769. The van der Waals surface area contributed by atoms with Crippen LogP contribution in [0.25, 0.3) is 6.08 Å². The van der Waals surface area contributed by atoms with Gasteiger partial charge < -0.3 is 10.1 Å². The zero-order chi connectivity index (χ0) is 10.1. The van der Waals surface area contributed by atoms with E-state index in [2.05, 4.69) is 23.5 Å². The zero-order valence-corrected chi connectivity index (χ0v) is 8.18. The lowest BCUT2D eigenvalue weighted by Crippen LogP contribution is -2.38. The molecule has 0 radical (unpaired) electrons. The van der Waals surface area contributed by atoms with E-state index in [1.54, 1.807) is 6.26 Å². The normalized spacial score (nSPS) is 25.9. The van der Waals surface area contributed by atoms with Gasteiger partial charge in [0, 0.05) is 5.69 Å². The van der Waals surface area contributed by atoms with Gasteiger partial charge in [0.05, 0.1) is 6.26 Å². The number of allylic oxidation sites excluding steroid dienone is 2. The van der Waals surface area contributed by atoms with Gasteiger partial charge in [-0.25, -0.2) is 0 Å². The summed E-state index contributed by atoms with van der Waals surface area (Å²) in [6, 6.07) is 8.17. The van der Waals surface area contributed by atoms with Gasteiger partial charge >= 0.3 is 0 Å². The maximum atomic E-state index is 5.60. The lowest BCUT2D eigenvalue weighted by Gasteiger charge is -2.33. The monoisotopic (exact) mass is 197 g/mol. The van der Waals surface area contributed by atoms with Crippen LogP contribution in [0.3, 0.4) is 0 Å². The van der Waals surface area contributed by atoms with Crippen molar-refractivity contribution in [3.63, 3.8) is 0 Å². The predicted molar refractivity (Wildman–Crippen MR) is 61.2 cm³/mol. The van der Waals surface area contributed by atoms with Crippen LogP contribution in [0.2, 0.25) is 0 Å². The molecule has 1 aromatic carbocycles. The molecule has 0 saturated heterocycles. The maximum absolute atomic E-state index is 5.60. The lowest BCUT2D eigenvalue weighted by atomic mass is 10.0. The Labute approximate surface area is 88.6 Å². The third kappa shape index (κ3) is 1.34. The van der Waals surface area contributed by atoms with Crippen LogP contribution in [-0.2, 0) is 4.74 Å². The van der Waals surface area contributed by atoms with Gasteiger partial charge in [-0.1, -0.05) is 30.4 Å². The summed E-state index contributed by atoms with van der Waals surface area (Å²) in [4.78, 5) is 0. The van der Waals surface area contributed by atoms with E-state index >= 15 is 0 Å². The third-order valence-electron chi connectivity index (χ3n) is 2.60. The molecule has 0 amide bonds. The summed E-state index contributed by atoms with van der Waals surface area (Å²) in [5.74, 6) is 0. The second kappa shape index (κ2) is 3.02. The topological polar surface area (TPSA) is 21.3 Å². The molecule has 0 bridgehead atoms. The second-order valence-electron chi connectivity index (χ2n) is 3.64. The van der Waals surface area contributed by atoms with Gasteiger partial charge in [-0.05, 0) is 29.9 Å². The minimum Gasteiger partial charge on any atom is -0.469 e. The van der Waals surface area contributed by atoms with Gasteiger partial charge in [0.25, 0.3) is 0 Å². The summed E-state index contributed by atoms with van der Waals surface area (Å²) in [6.07, 6.45) is 11.7. The van der Waals surface area contributed by atoms with E-state index in [9.17, 15) is 0 Å². The molecule has 1 aromatic rings. The summed E-state index contributed by atoms with van der Waals surface area (Å²) in [7, 11) is 0. The molecule has 74 valence electrons. The lowest BCUT2D eigenvalue weighted by molar-refractivity contribution is 0.137. The Balaban J connectivity index is 2.02. The fourth-order valence-corrected chi connectivity index (χ4v) is 1.82. The van der Waals surface area contributed by atoms with Gasteiger partial charge in [0.15, 0.2) is 0 Å². The SMILES string of the molecule is C1=COC2(C=C1)C=Cc1ccccc1N2. The van der Waals surface area contributed by atoms with Crippen molar-refractivity contribution in [1.29, 1.82) is 0 Å². The van der Waals surface area contributed by atoms with Gasteiger partial charge in [-0.2, -0.15) is 0 Å². The second-order valence-corrected chi connectivity index (χ2v) is 3.64. The summed E-state index contributed by atoms with van der Waals surface area (Å²) in [5.41, 5.74) is 1.79. The standard InChI is InChI=1S/C13H11NO/c1-2-6-12-11(5-1)7-9-13(14-12)8-3-4-10-15-13/h1-10,14H. The van der Waals surface area contributed by atoms with Crippen LogP contribution in [0, 0.1) is 0 Å². The Morgan fingerprint density at radius 2 is 2.00 bits per heavy atom. The molecule has 3 rings (SSSR count). The van der Waals surface area contributed by atoms with Gasteiger partial charge in [0.2, 0.25) is 5.72 Å². The molecule has 1 spiro atoms. The first kappa shape index (κ1) is 8.36. The van der Waals surface area contributed by atoms with Crippen LogP contribution in [0.5, 0.6) is 0 Å². The highest BCUT2D eigenvalue weighted by Gasteiger charge is 2.28. The fourth-order valence-electron chi connectivity index (χ4n) is 1.82. The largest absolute Gasteiger partial charge is 0.469 e. The molecular formula is C13H11NO. The third-order valence-corrected chi connectivity index (χ3v) is 2.60. The van der Waals surface area contributed by atoms with Crippen molar-refractivity contribution in [1.82, 2.24) is 0 Å². The molecule has 15 heavy (non-hydrogen) atoms. The molecule has 2 nitrogen and oxygen atoms in total. The smallest absolute Gasteiger partial charge is 0.219 e. The van der Waals surface area contributed by atoms with Crippen LogP contribution in [0.15, 0.2) is 54.8 Å². The summed E-state index contributed by atoms with van der Waals surface area (Å²) in [6.45, 7) is 0. The van der Waals surface area contributed by atoms with Crippen molar-refractivity contribution >= 4 is 11.8 Å². The highest BCUT2D eigenvalue weighted by molar-refractivity contribution is 5.72.